The summed E-state index contributed by atoms with van der Waals surface area (Å²) < 4.78 is 82.1. The van der Waals surface area contributed by atoms with Gasteiger partial charge in [0.2, 0.25) is 25.9 Å². The van der Waals surface area contributed by atoms with Crippen molar-refractivity contribution < 1.29 is 46.1 Å². The number of carbonyl (C=O) groups is 1. The Hall–Kier alpha value is -7.00. The number of hydrogen-bond acceptors (Lipinski definition) is 15. The molecule has 0 aliphatic heterocycles. The third-order valence-corrected chi connectivity index (χ3v) is 15.4. The van der Waals surface area contributed by atoms with E-state index in [9.17, 15) is 28.7 Å². The van der Waals surface area contributed by atoms with Crippen LogP contribution in [0.15, 0.2) is 113 Å². The van der Waals surface area contributed by atoms with Crippen LogP contribution in [0.25, 0.3) is 32.7 Å². The number of para-hydroxylation sites is 1. The highest BCUT2D eigenvalue weighted by Gasteiger charge is 2.39. The van der Waals surface area contributed by atoms with Gasteiger partial charge >= 0.3 is 6.09 Å². The number of aliphatic hydroxyl groups excluding tert-OH is 1. The first-order valence-electron chi connectivity index (χ1n) is 21.2. The van der Waals surface area contributed by atoms with Gasteiger partial charge in [-0.05, 0) is 96.8 Å². The summed E-state index contributed by atoms with van der Waals surface area (Å²) in [7, 11) is -5.45. The first kappa shape index (κ1) is 49.9. The number of aliphatic hydroxyl groups is 1. The second kappa shape index (κ2) is 20.7. The highest BCUT2D eigenvalue weighted by molar-refractivity contribution is 7.92. The molecule has 1 atom stereocenters. The number of amides is 1. The molecule has 19 nitrogen and oxygen atoms in total. The topological polar surface area (TPSA) is 252 Å². The van der Waals surface area contributed by atoms with Crippen LogP contribution in [0.5, 0.6) is 17.2 Å². The van der Waals surface area contributed by atoms with Crippen molar-refractivity contribution >= 4 is 47.7 Å². The zero-order valence-corrected chi connectivity index (χ0v) is 40.8. The quantitative estimate of drug-likeness (QED) is 0.0796. The summed E-state index contributed by atoms with van der Waals surface area (Å²) in [6.07, 6.45) is -2.90. The third kappa shape index (κ3) is 11.3. The minimum atomic E-state index is -5.05. The van der Waals surface area contributed by atoms with Crippen LogP contribution in [-0.2, 0) is 39.7 Å². The molecule has 7 aromatic rings. The lowest BCUT2D eigenvalue weighted by molar-refractivity contribution is 0.0577. The SMILES string of the molecule is COc1ccc(CN(Cc2ccc(OC)cc2)S(=O)(=O)c2c(S(=O)(=O)NC[C@H](O)CN(C(=O)O)C(C)(C)C)ccc(-c3cccc4sc(C#N)nc34)c2-c2nnn(Cc3ccc(OC)cc3)n2)cc1. The van der Waals surface area contributed by atoms with E-state index >= 15 is 8.42 Å². The lowest BCUT2D eigenvalue weighted by Gasteiger charge is -2.34. The lowest BCUT2D eigenvalue weighted by Crippen LogP contribution is -2.50. The van der Waals surface area contributed by atoms with E-state index < -0.39 is 60.7 Å². The normalized spacial score (nSPS) is 12.4. The molecule has 0 unspecified atom stereocenters. The summed E-state index contributed by atoms with van der Waals surface area (Å²) in [4.78, 5) is 17.4. The van der Waals surface area contributed by atoms with Gasteiger partial charge in [0, 0.05) is 30.7 Å². The molecule has 0 aliphatic carbocycles. The number of nitrogens with zero attached hydrogens (tertiary/aromatic N) is 8. The van der Waals surface area contributed by atoms with Crippen molar-refractivity contribution in [3.8, 4) is 45.8 Å². The average Bonchev–Trinajstić information content (AvgIpc) is 3.99. The molecule has 69 heavy (non-hydrogen) atoms. The van der Waals surface area contributed by atoms with Gasteiger partial charge in [0.25, 0.3) is 0 Å². The number of carboxylic acid groups (broad SMARTS) is 1. The van der Waals surface area contributed by atoms with Crippen LogP contribution < -0.4 is 18.9 Å². The van der Waals surface area contributed by atoms with Gasteiger partial charge in [-0.3, -0.25) is 0 Å². The molecule has 0 spiro atoms. The molecular weight excluding hydrogens is 947 g/mol. The lowest BCUT2D eigenvalue weighted by atomic mass is 9.98. The molecule has 0 aliphatic rings. The number of benzene rings is 5. The number of thiazole rings is 1. The molecule has 7 rings (SSSR count). The Morgan fingerprint density at radius 2 is 1.39 bits per heavy atom. The van der Waals surface area contributed by atoms with E-state index in [1.807, 2.05) is 0 Å². The Morgan fingerprint density at radius 1 is 0.826 bits per heavy atom. The van der Waals surface area contributed by atoms with Crippen LogP contribution in [0.2, 0.25) is 0 Å². The molecule has 3 N–H and O–H groups in total. The molecule has 0 radical (unpaired) electrons. The maximum Gasteiger partial charge on any atom is 0.407 e. The predicted octanol–water partition coefficient (Wildman–Crippen LogP) is 6.37. The maximum absolute atomic E-state index is 16.1. The second-order valence-electron chi connectivity index (χ2n) is 16.6. The van der Waals surface area contributed by atoms with Crippen LogP contribution in [0.1, 0.15) is 42.5 Å². The number of ether oxygens (including phenoxy) is 3. The van der Waals surface area contributed by atoms with Gasteiger partial charge in [0.05, 0.1) is 56.3 Å². The average molecular weight is 996 g/mol. The molecule has 5 aromatic carbocycles. The zero-order valence-electron chi connectivity index (χ0n) is 38.4. The number of sulfonamides is 2. The van der Waals surface area contributed by atoms with Crippen LogP contribution in [0.4, 0.5) is 4.79 Å². The molecule has 360 valence electrons. The molecule has 0 bridgehead atoms. The van der Waals surface area contributed by atoms with Crippen molar-refractivity contribution in [2.45, 2.75) is 61.8 Å². The Kier molecular flexibility index (Phi) is 15.0. The van der Waals surface area contributed by atoms with Crippen molar-refractivity contribution in [2.24, 2.45) is 0 Å². The Bertz CT molecular complexity index is 3170. The van der Waals surface area contributed by atoms with Gasteiger partial charge in [0.1, 0.15) is 33.1 Å². The second-order valence-corrected chi connectivity index (χ2v) is 21.3. The molecule has 1 amide bonds. The van der Waals surface area contributed by atoms with Crippen molar-refractivity contribution in [1.29, 1.82) is 5.26 Å². The molecule has 22 heteroatoms. The Labute approximate surface area is 403 Å². The number of hydrogen-bond donors (Lipinski definition) is 3. The number of tetrazole rings is 1. The minimum absolute atomic E-state index is 0.0715. The van der Waals surface area contributed by atoms with Crippen molar-refractivity contribution in [3.63, 3.8) is 0 Å². The molecule has 2 heterocycles. The van der Waals surface area contributed by atoms with Gasteiger partial charge in [-0.1, -0.05) is 54.6 Å². The molecule has 0 saturated heterocycles. The fourth-order valence-electron chi connectivity index (χ4n) is 7.42. The first-order valence-corrected chi connectivity index (χ1v) is 24.9. The van der Waals surface area contributed by atoms with Crippen molar-refractivity contribution in [1.82, 2.24) is 39.1 Å². The van der Waals surface area contributed by atoms with Crippen LogP contribution in [0.3, 0.4) is 0 Å². The standard InChI is InChI=1S/C47H49N9O10S3/c1-47(2,3)55(46(58)59)29-33(57)25-49-68(60,61)40-23-22-37(38-8-7-9-39-43(38)50-41(24-48)67-39)42(45-51-53-56(52-45)28-32-14-20-36(66-6)21-15-32)44(40)69(62,63)54(26-30-10-16-34(64-4)17-11-30)27-31-12-18-35(65-5)19-13-31/h7-23,33,49,57H,25-29H2,1-6H3,(H,58,59)/t33-/m0/s1. The Balaban J connectivity index is 1.48. The van der Waals surface area contributed by atoms with E-state index in [1.165, 1.54) is 32.2 Å². The number of aromatic nitrogens is 5. The van der Waals surface area contributed by atoms with Crippen LogP contribution in [0, 0.1) is 11.3 Å². The predicted molar refractivity (Wildman–Crippen MR) is 257 cm³/mol. The van der Waals surface area contributed by atoms with Crippen molar-refractivity contribution in [3.05, 3.63) is 125 Å². The third-order valence-electron chi connectivity index (χ3n) is 11.0. The molecule has 0 fully saturated rings. The van der Waals surface area contributed by atoms with E-state index in [0.717, 1.165) is 32.2 Å². The zero-order chi connectivity index (χ0) is 49.7. The number of fused-ring (bicyclic) bond motifs is 1. The van der Waals surface area contributed by atoms with Gasteiger partial charge in [-0.2, -0.15) is 14.4 Å². The van der Waals surface area contributed by atoms with Crippen LogP contribution >= 0.6 is 11.3 Å². The van der Waals surface area contributed by atoms with Crippen LogP contribution in [-0.4, -0.2) is 114 Å². The summed E-state index contributed by atoms with van der Waals surface area (Å²) in [5.74, 6) is 1.39. The number of rotatable bonds is 19. The molecule has 0 saturated carbocycles. The smallest absolute Gasteiger partial charge is 0.407 e. The Morgan fingerprint density at radius 3 is 1.91 bits per heavy atom. The summed E-state index contributed by atoms with van der Waals surface area (Å²) in [5.41, 5.74) is 1.40. The largest absolute Gasteiger partial charge is 0.497 e. The maximum atomic E-state index is 16.1. The molecular formula is C47H49N9O10S3. The number of nitrogens with one attached hydrogen (secondary N) is 1. The number of methoxy groups -OCH3 is 3. The van der Waals surface area contributed by atoms with Gasteiger partial charge in [0.15, 0.2) is 5.01 Å². The fraction of sp³-hybridized carbons (Fsp3) is 0.277. The van der Waals surface area contributed by atoms with E-state index in [2.05, 4.69) is 31.2 Å². The molecule has 2 aromatic heterocycles. The van der Waals surface area contributed by atoms with Gasteiger partial charge < -0.3 is 29.3 Å². The van der Waals surface area contributed by atoms with E-state index in [1.54, 1.807) is 112 Å². The van der Waals surface area contributed by atoms with Gasteiger partial charge in [-0.25, -0.2) is 31.3 Å². The monoisotopic (exact) mass is 995 g/mol. The van der Waals surface area contributed by atoms with E-state index in [4.69, 9.17) is 14.2 Å². The van der Waals surface area contributed by atoms with Gasteiger partial charge in [-0.15, -0.1) is 21.5 Å². The van der Waals surface area contributed by atoms with Crippen molar-refractivity contribution in [2.75, 3.05) is 34.4 Å². The summed E-state index contributed by atoms with van der Waals surface area (Å²) in [6, 6.07) is 30.3. The fourth-order valence-corrected chi connectivity index (χ4v) is 11.7. The summed E-state index contributed by atoms with van der Waals surface area (Å²) in [6.45, 7) is 3.22. The highest BCUT2D eigenvalue weighted by atomic mass is 32.2. The first-order chi connectivity index (χ1) is 32.8. The minimum Gasteiger partial charge on any atom is -0.497 e. The summed E-state index contributed by atoms with van der Waals surface area (Å²) in [5, 5.41) is 44.4. The number of nitriles is 1. The van der Waals surface area contributed by atoms with E-state index in [-0.39, 0.29) is 41.6 Å². The van der Waals surface area contributed by atoms with E-state index in [0.29, 0.717) is 44.2 Å². The highest BCUT2D eigenvalue weighted by Crippen LogP contribution is 2.43. The summed E-state index contributed by atoms with van der Waals surface area (Å²) >= 11 is 1.12. The number of β-amino-alcohol motifs (C(OH)–C–C–N with tert-alkyl or cyclic N) is 1.